The maximum absolute atomic E-state index is 11.4. The molecule has 34 heavy (non-hydrogen) atoms. The highest BCUT2D eigenvalue weighted by Crippen LogP contribution is 2.54. The van der Waals surface area contributed by atoms with Crippen molar-refractivity contribution in [2.75, 3.05) is 26.4 Å². The molecule has 2 rings (SSSR count). The van der Waals surface area contributed by atoms with E-state index in [9.17, 15) is 35.7 Å². The van der Waals surface area contributed by atoms with Crippen LogP contribution in [0.3, 0.4) is 0 Å². The zero-order valence-electron chi connectivity index (χ0n) is 22.1. The first-order valence-corrected chi connectivity index (χ1v) is 11.7. The Hall–Kier alpha value is -0.400. The molecule has 5 unspecified atom stereocenters. The van der Waals surface area contributed by atoms with Gasteiger partial charge in [0.05, 0.1) is 37.6 Å². The van der Waals surface area contributed by atoms with Crippen LogP contribution in [0.2, 0.25) is 0 Å². The van der Waals surface area contributed by atoms with Crippen LogP contribution in [-0.2, 0) is 14.2 Å². The third-order valence-corrected chi connectivity index (χ3v) is 9.18. The van der Waals surface area contributed by atoms with Crippen molar-refractivity contribution in [3.05, 3.63) is 0 Å². The predicted molar refractivity (Wildman–Crippen MR) is 123 cm³/mol. The molecule has 7 N–H and O–H groups in total. The summed E-state index contributed by atoms with van der Waals surface area (Å²) in [7, 11) is 0. The molecule has 0 aromatic rings. The second kappa shape index (κ2) is 8.31. The lowest BCUT2D eigenvalue weighted by molar-refractivity contribution is -0.414. The van der Waals surface area contributed by atoms with Crippen LogP contribution in [0.4, 0.5) is 0 Å². The van der Waals surface area contributed by atoms with Gasteiger partial charge in [0.2, 0.25) is 0 Å². The fourth-order valence-electron chi connectivity index (χ4n) is 5.53. The molecule has 2 saturated heterocycles. The van der Waals surface area contributed by atoms with Crippen LogP contribution in [0.5, 0.6) is 0 Å². The topological polar surface area (TPSA) is 169 Å². The van der Waals surface area contributed by atoms with E-state index in [1.165, 1.54) is 41.5 Å². The Morgan fingerprint density at radius 3 is 1.76 bits per heavy atom. The van der Waals surface area contributed by atoms with Crippen molar-refractivity contribution in [2.24, 2.45) is 5.41 Å². The molecule has 0 aliphatic carbocycles. The molecule has 0 bridgehead atoms. The highest BCUT2D eigenvalue weighted by molar-refractivity contribution is 5.23. The fraction of sp³-hybridized carbons (Fsp3) is 1.00. The van der Waals surface area contributed by atoms with Gasteiger partial charge in [-0.2, -0.15) is 0 Å². The van der Waals surface area contributed by atoms with E-state index < -0.39 is 63.6 Å². The van der Waals surface area contributed by atoms with E-state index in [4.69, 9.17) is 14.2 Å². The molecular weight excluding hydrogens is 448 g/mol. The van der Waals surface area contributed by atoms with Crippen LogP contribution >= 0.6 is 0 Å². The molecule has 2 aliphatic rings. The third-order valence-electron chi connectivity index (χ3n) is 9.18. The molecule has 0 aromatic carbocycles. The van der Waals surface area contributed by atoms with E-state index in [2.05, 4.69) is 0 Å². The quantitative estimate of drug-likeness (QED) is 0.236. The van der Waals surface area contributed by atoms with Gasteiger partial charge in [0.1, 0.15) is 28.0 Å². The standard InChI is InChI=1S/C24H46O10/c1-16(10-17(2,12-25)32-14-18(16,3)27)11-21(6,28)33-15-20(5)23(8,30)24(9,31)22(7,29)19(4,13-26)34-20/h25-31H,10-15H2,1-9H3/t16-,17?,18?,19?,20+,21?,22+,23?,24+/m0/s1. The van der Waals surface area contributed by atoms with Crippen LogP contribution in [0, 0.1) is 5.41 Å². The SMILES string of the molecule is CC(O)(C[C@]1(C)CC(C)(CO)OCC1(C)O)OC[C@@]1(C)OC(C)(CO)[C@@](C)(O)[C@@](C)(O)C1(C)O. The number of aliphatic hydroxyl groups excluding tert-OH is 2. The average Bonchev–Trinajstić information content (AvgIpc) is 2.68. The minimum Gasteiger partial charge on any atom is -0.393 e. The third kappa shape index (κ3) is 4.34. The second-order valence-corrected chi connectivity index (χ2v) is 12.5. The number of aliphatic hydroxyl groups is 7. The van der Waals surface area contributed by atoms with Crippen molar-refractivity contribution in [3.63, 3.8) is 0 Å². The van der Waals surface area contributed by atoms with E-state index in [-0.39, 0.29) is 26.1 Å². The Kier molecular flexibility index (Phi) is 7.29. The van der Waals surface area contributed by atoms with Crippen LogP contribution in [0.1, 0.15) is 75.2 Å². The van der Waals surface area contributed by atoms with Crippen LogP contribution < -0.4 is 0 Å². The van der Waals surface area contributed by atoms with Gasteiger partial charge in [-0.1, -0.05) is 6.92 Å². The van der Waals surface area contributed by atoms with Gasteiger partial charge in [-0.3, -0.25) is 0 Å². The smallest absolute Gasteiger partial charge is 0.163 e. The molecule has 2 fully saturated rings. The first kappa shape index (κ1) is 29.8. The Morgan fingerprint density at radius 1 is 0.794 bits per heavy atom. The van der Waals surface area contributed by atoms with Gasteiger partial charge in [0, 0.05) is 11.8 Å². The zero-order chi connectivity index (χ0) is 26.9. The monoisotopic (exact) mass is 494 g/mol. The lowest BCUT2D eigenvalue weighted by Crippen LogP contribution is -2.85. The summed E-state index contributed by atoms with van der Waals surface area (Å²) in [5, 5.41) is 75.7. The van der Waals surface area contributed by atoms with E-state index in [0.29, 0.717) is 0 Å². The molecule has 0 amide bonds. The molecule has 2 aliphatic heterocycles. The van der Waals surface area contributed by atoms with Crippen molar-refractivity contribution in [2.45, 2.75) is 120 Å². The summed E-state index contributed by atoms with van der Waals surface area (Å²) in [6.45, 7) is 11.9. The summed E-state index contributed by atoms with van der Waals surface area (Å²) < 4.78 is 17.5. The molecule has 0 aromatic heterocycles. The lowest BCUT2D eigenvalue weighted by atomic mass is 9.58. The Labute approximate surface area is 202 Å². The summed E-state index contributed by atoms with van der Waals surface area (Å²) in [4.78, 5) is 0. The molecule has 0 saturated carbocycles. The molecule has 0 spiro atoms. The van der Waals surface area contributed by atoms with E-state index in [1.54, 1.807) is 20.8 Å². The summed E-state index contributed by atoms with van der Waals surface area (Å²) in [5.74, 6) is -1.82. The summed E-state index contributed by atoms with van der Waals surface area (Å²) >= 11 is 0. The Morgan fingerprint density at radius 2 is 1.29 bits per heavy atom. The fourth-order valence-corrected chi connectivity index (χ4v) is 5.53. The van der Waals surface area contributed by atoms with Crippen molar-refractivity contribution in [3.8, 4) is 0 Å². The number of hydrogen-bond donors (Lipinski definition) is 7. The number of hydrogen-bond acceptors (Lipinski definition) is 10. The highest BCUT2D eigenvalue weighted by atomic mass is 16.6. The maximum atomic E-state index is 11.4. The molecule has 202 valence electrons. The molecule has 2 heterocycles. The number of rotatable bonds is 7. The Bertz CT molecular complexity index is 763. The van der Waals surface area contributed by atoms with Crippen LogP contribution in [0.15, 0.2) is 0 Å². The Balaban J connectivity index is 2.33. The first-order valence-electron chi connectivity index (χ1n) is 11.7. The van der Waals surface area contributed by atoms with Crippen LogP contribution in [0.25, 0.3) is 0 Å². The average molecular weight is 495 g/mol. The van der Waals surface area contributed by atoms with Gasteiger partial charge in [0.15, 0.2) is 5.79 Å². The molecule has 0 radical (unpaired) electrons. The van der Waals surface area contributed by atoms with Crippen molar-refractivity contribution in [1.82, 2.24) is 0 Å². The van der Waals surface area contributed by atoms with Crippen LogP contribution in [-0.4, -0.2) is 107 Å². The normalized spacial score (nSPS) is 54.0. The minimum absolute atomic E-state index is 0.0427. The summed E-state index contributed by atoms with van der Waals surface area (Å²) in [5.41, 5.74) is -12.7. The molecule has 10 heteroatoms. The molecule has 9 atom stereocenters. The second-order valence-electron chi connectivity index (χ2n) is 12.5. The highest BCUT2D eigenvalue weighted by Gasteiger charge is 2.74. The van der Waals surface area contributed by atoms with Crippen molar-refractivity contribution < 1.29 is 50.0 Å². The predicted octanol–water partition coefficient (Wildman–Crippen LogP) is -0.177. The van der Waals surface area contributed by atoms with E-state index in [0.717, 1.165) is 0 Å². The maximum Gasteiger partial charge on any atom is 0.163 e. The zero-order valence-corrected chi connectivity index (χ0v) is 22.1. The lowest BCUT2D eigenvalue weighted by Gasteiger charge is -2.65. The van der Waals surface area contributed by atoms with Gasteiger partial charge >= 0.3 is 0 Å². The van der Waals surface area contributed by atoms with Gasteiger partial charge in [0.25, 0.3) is 0 Å². The summed E-state index contributed by atoms with van der Waals surface area (Å²) in [6, 6.07) is 0. The van der Waals surface area contributed by atoms with Gasteiger partial charge in [-0.15, -0.1) is 0 Å². The number of ether oxygens (including phenoxy) is 3. The van der Waals surface area contributed by atoms with Crippen molar-refractivity contribution >= 4 is 0 Å². The van der Waals surface area contributed by atoms with E-state index in [1.807, 2.05) is 0 Å². The largest absolute Gasteiger partial charge is 0.393 e. The van der Waals surface area contributed by atoms with E-state index >= 15 is 0 Å². The van der Waals surface area contributed by atoms with Gasteiger partial charge < -0.3 is 50.0 Å². The van der Waals surface area contributed by atoms with Gasteiger partial charge in [-0.05, 0) is 61.8 Å². The van der Waals surface area contributed by atoms with Gasteiger partial charge in [-0.25, -0.2) is 0 Å². The minimum atomic E-state index is -2.14. The molecule has 10 nitrogen and oxygen atoms in total. The molecular formula is C24H46O10. The summed E-state index contributed by atoms with van der Waals surface area (Å²) in [6.07, 6.45) is 0.199. The first-order chi connectivity index (χ1) is 14.9. The van der Waals surface area contributed by atoms with Crippen molar-refractivity contribution in [1.29, 1.82) is 0 Å².